The minimum atomic E-state index is -0.422. The van der Waals surface area contributed by atoms with Gasteiger partial charge in [-0.25, -0.2) is 14.2 Å². The van der Waals surface area contributed by atoms with Crippen LogP contribution in [0.5, 0.6) is 0 Å². The van der Waals surface area contributed by atoms with Crippen molar-refractivity contribution in [3.05, 3.63) is 83.9 Å². The molecule has 3 aromatic rings. The van der Waals surface area contributed by atoms with Gasteiger partial charge in [-0.2, -0.15) is 0 Å². The second-order valence-corrected chi connectivity index (χ2v) is 5.78. The standard InChI is InChI=1S/C21H18FN3O3/c1-2-28-21(27)17-5-3-4-6-18(17)24-16-11-12-19(23-13-16)20(26)25-15-9-7-14(22)8-10-15/h3-13,24H,2H2,1H3,(H,25,26). The van der Waals surface area contributed by atoms with Crippen molar-refractivity contribution in [2.75, 3.05) is 17.2 Å². The van der Waals surface area contributed by atoms with Gasteiger partial charge in [0.1, 0.15) is 11.5 Å². The van der Waals surface area contributed by atoms with E-state index in [1.54, 1.807) is 43.3 Å². The second kappa shape index (κ2) is 8.77. The predicted octanol–water partition coefficient (Wildman–Crippen LogP) is 4.39. The molecule has 28 heavy (non-hydrogen) atoms. The minimum Gasteiger partial charge on any atom is -0.462 e. The van der Waals surface area contributed by atoms with Crippen LogP contribution in [0.3, 0.4) is 0 Å². The molecular formula is C21H18FN3O3. The van der Waals surface area contributed by atoms with E-state index >= 15 is 0 Å². The van der Waals surface area contributed by atoms with Gasteiger partial charge in [0.2, 0.25) is 0 Å². The van der Waals surface area contributed by atoms with E-state index in [2.05, 4.69) is 15.6 Å². The van der Waals surface area contributed by atoms with Crippen LogP contribution in [0.2, 0.25) is 0 Å². The van der Waals surface area contributed by atoms with Crippen molar-refractivity contribution >= 4 is 28.9 Å². The Morgan fingerprint density at radius 1 is 1.00 bits per heavy atom. The lowest BCUT2D eigenvalue weighted by Crippen LogP contribution is -2.13. The van der Waals surface area contributed by atoms with E-state index in [9.17, 15) is 14.0 Å². The summed E-state index contributed by atoms with van der Waals surface area (Å²) in [6.07, 6.45) is 1.49. The highest BCUT2D eigenvalue weighted by Gasteiger charge is 2.13. The number of anilines is 3. The molecule has 142 valence electrons. The number of carbonyl (C=O) groups is 2. The van der Waals surface area contributed by atoms with Crippen LogP contribution in [-0.4, -0.2) is 23.5 Å². The average Bonchev–Trinajstić information content (AvgIpc) is 2.71. The first-order valence-electron chi connectivity index (χ1n) is 8.63. The Morgan fingerprint density at radius 3 is 2.39 bits per heavy atom. The minimum absolute atomic E-state index is 0.202. The maximum atomic E-state index is 12.9. The topological polar surface area (TPSA) is 80.3 Å². The normalized spacial score (nSPS) is 10.2. The Morgan fingerprint density at radius 2 is 1.71 bits per heavy atom. The lowest BCUT2D eigenvalue weighted by atomic mass is 10.1. The van der Waals surface area contributed by atoms with Crippen molar-refractivity contribution in [2.45, 2.75) is 6.92 Å². The highest BCUT2D eigenvalue weighted by atomic mass is 19.1. The summed E-state index contributed by atoms with van der Waals surface area (Å²) in [5, 5.41) is 5.74. The Balaban J connectivity index is 1.70. The van der Waals surface area contributed by atoms with Crippen LogP contribution in [-0.2, 0) is 4.74 Å². The summed E-state index contributed by atoms with van der Waals surface area (Å²) < 4.78 is 18.0. The van der Waals surface area contributed by atoms with Gasteiger partial charge in [0.25, 0.3) is 5.91 Å². The molecule has 0 spiro atoms. The van der Waals surface area contributed by atoms with Crippen LogP contribution in [0.4, 0.5) is 21.5 Å². The molecule has 0 saturated carbocycles. The Bertz CT molecular complexity index is 973. The molecule has 0 aliphatic heterocycles. The van der Waals surface area contributed by atoms with Gasteiger partial charge < -0.3 is 15.4 Å². The van der Waals surface area contributed by atoms with Gasteiger partial charge in [0.15, 0.2) is 0 Å². The highest BCUT2D eigenvalue weighted by molar-refractivity contribution is 6.03. The maximum absolute atomic E-state index is 12.9. The predicted molar refractivity (Wildman–Crippen MR) is 104 cm³/mol. The summed E-state index contributed by atoms with van der Waals surface area (Å²) in [4.78, 5) is 28.4. The monoisotopic (exact) mass is 379 g/mol. The fraction of sp³-hybridized carbons (Fsp3) is 0.0952. The number of esters is 1. The fourth-order valence-corrected chi connectivity index (χ4v) is 2.46. The van der Waals surface area contributed by atoms with Gasteiger partial charge in [-0.05, 0) is 55.5 Å². The number of halogens is 1. The zero-order chi connectivity index (χ0) is 19.9. The molecule has 0 saturated heterocycles. The second-order valence-electron chi connectivity index (χ2n) is 5.78. The molecule has 0 fully saturated rings. The third kappa shape index (κ3) is 4.70. The largest absolute Gasteiger partial charge is 0.462 e. The van der Waals surface area contributed by atoms with Crippen LogP contribution >= 0.6 is 0 Å². The third-order valence-corrected chi connectivity index (χ3v) is 3.80. The van der Waals surface area contributed by atoms with Crippen LogP contribution < -0.4 is 10.6 Å². The summed E-state index contributed by atoms with van der Waals surface area (Å²) in [5.41, 5.74) is 2.26. The van der Waals surface area contributed by atoms with E-state index in [4.69, 9.17) is 4.74 Å². The zero-order valence-corrected chi connectivity index (χ0v) is 15.1. The number of para-hydroxylation sites is 1. The lowest BCUT2D eigenvalue weighted by Gasteiger charge is -2.11. The summed E-state index contributed by atoms with van der Waals surface area (Å²) in [5.74, 6) is -1.21. The van der Waals surface area contributed by atoms with E-state index in [0.29, 0.717) is 22.6 Å². The van der Waals surface area contributed by atoms with Gasteiger partial charge in [-0.3, -0.25) is 4.79 Å². The van der Waals surface area contributed by atoms with Gasteiger partial charge in [0.05, 0.1) is 29.7 Å². The Labute approximate surface area is 161 Å². The van der Waals surface area contributed by atoms with E-state index in [-0.39, 0.29) is 18.1 Å². The van der Waals surface area contributed by atoms with E-state index < -0.39 is 11.9 Å². The van der Waals surface area contributed by atoms with Crippen molar-refractivity contribution < 1.29 is 18.7 Å². The first-order chi connectivity index (χ1) is 13.6. The van der Waals surface area contributed by atoms with E-state index in [1.165, 1.54) is 30.5 Å². The van der Waals surface area contributed by atoms with Crippen molar-refractivity contribution in [3.8, 4) is 0 Å². The summed E-state index contributed by atoms with van der Waals surface area (Å²) in [6.45, 7) is 2.03. The molecule has 0 aliphatic rings. The molecule has 0 atom stereocenters. The Kier molecular flexibility index (Phi) is 5.96. The number of amides is 1. The molecule has 3 rings (SSSR count). The molecule has 0 radical (unpaired) electrons. The number of nitrogens with one attached hydrogen (secondary N) is 2. The molecule has 0 aliphatic carbocycles. The molecule has 0 bridgehead atoms. The molecule has 6 nitrogen and oxygen atoms in total. The maximum Gasteiger partial charge on any atom is 0.340 e. The van der Waals surface area contributed by atoms with Crippen molar-refractivity contribution in [3.63, 3.8) is 0 Å². The number of carbonyl (C=O) groups excluding carboxylic acids is 2. The highest BCUT2D eigenvalue weighted by Crippen LogP contribution is 2.21. The van der Waals surface area contributed by atoms with E-state index in [0.717, 1.165) is 0 Å². The molecule has 0 unspecified atom stereocenters. The third-order valence-electron chi connectivity index (χ3n) is 3.80. The number of rotatable bonds is 6. The molecule has 1 amide bonds. The first-order valence-corrected chi connectivity index (χ1v) is 8.63. The van der Waals surface area contributed by atoms with Crippen LogP contribution in [0, 0.1) is 5.82 Å². The quantitative estimate of drug-likeness (QED) is 0.621. The van der Waals surface area contributed by atoms with Gasteiger partial charge >= 0.3 is 5.97 Å². The molecule has 2 N–H and O–H groups in total. The molecule has 2 aromatic carbocycles. The van der Waals surface area contributed by atoms with Crippen molar-refractivity contribution in [2.24, 2.45) is 0 Å². The molecule has 1 aromatic heterocycles. The van der Waals surface area contributed by atoms with Crippen LogP contribution in [0.1, 0.15) is 27.8 Å². The van der Waals surface area contributed by atoms with Gasteiger partial charge in [0, 0.05) is 5.69 Å². The average molecular weight is 379 g/mol. The lowest BCUT2D eigenvalue weighted by molar-refractivity contribution is 0.0527. The van der Waals surface area contributed by atoms with Crippen molar-refractivity contribution in [1.82, 2.24) is 4.98 Å². The smallest absolute Gasteiger partial charge is 0.340 e. The molecular weight excluding hydrogens is 361 g/mol. The number of benzene rings is 2. The summed E-state index contributed by atoms with van der Waals surface area (Å²) >= 11 is 0. The number of nitrogens with zero attached hydrogens (tertiary/aromatic N) is 1. The Hall–Kier alpha value is -3.74. The zero-order valence-electron chi connectivity index (χ0n) is 15.1. The molecule has 1 heterocycles. The van der Waals surface area contributed by atoms with Crippen molar-refractivity contribution in [1.29, 1.82) is 0 Å². The summed E-state index contributed by atoms with van der Waals surface area (Å²) in [7, 11) is 0. The van der Waals surface area contributed by atoms with E-state index in [1.807, 2.05) is 0 Å². The van der Waals surface area contributed by atoms with Crippen LogP contribution in [0.25, 0.3) is 0 Å². The number of hydrogen-bond donors (Lipinski definition) is 2. The molecule has 7 heteroatoms. The number of pyridine rings is 1. The SMILES string of the molecule is CCOC(=O)c1ccccc1Nc1ccc(C(=O)Nc2ccc(F)cc2)nc1. The van der Waals surface area contributed by atoms with Gasteiger partial charge in [-0.15, -0.1) is 0 Å². The van der Waals surface area contributed by atoms with Gasteiger partial charge in [-0.1, -0.05) is 12.1 Å². The fourth-order valence-electron chi connectivity index (χ4n) is 2.46. The first kappa shape index (κ1) is 19.0. The number of hydrogen-bond acceptors (Lipinski definition) is 5. The number of aromatic nitrogens is 1. The number of ether oxygens (including phenoxy) is 1. The van der Waals surface area contributed by atoms with Crippen LogP contribution in [0.15, 0.2) is 66.9 Å². The summed E-state index contributed by atoms with van der Waals surface area (Å²) in [6, 6.07) is 15.6.